The van der Waals surface area contributed by atoms with E-state index in [0.717, 1.165) is 51.6 Å². The first kappa shape index (κ1) is 12.7. The zero-order valence-corrected chi connectivity index (χ0v) is 10.6. The van der Waals surface area contributed by atoms with Gasteiger partial charge in [0.25, 0.3) is 0 Å². The van der Waals surface area contributed by atoms with Crippen LogP contribution < -0.4 is 0 Å². The topological polar surface area (TPSA) is 40.6 Å². The van der Waals surface area contributed by atoms with Crippen LogP contribution in [0.15, 0.2) is 0 Å². The first-order valence-electron chi connectivity index (χ1n) is 6.72. The second kappa shape index (κ2) is 5.74. The molecule has 0 aromatic heterocycles. The van der Waals surface area contributed by atoms with Crippen molar-refractivity contribution in [1.29, 1.82) is 0 Å². The van der Waals surface area contributed by atoms with Gasteiger partial charge in [0, 0.05) is 0 Å². The van der Waals surface area contributed by atoms with Crippen LogP contribution in [-0.4, -0.2) is 60.1 Å². The number of likely N-dealkylation sites (tertiary alicyclic amines) is 2. The van der Waals surface area contributed by atoms with E-state index in [-0.39, 0.29) is 12.1 Å². The maximum absolute atomic E-state index is 12.2. The van der Waals surface area contributed by atoms with E-state index in [1.807, 2.05) is 4.90 Å². The van der Waals surface area contributed by atoms with E-state index in [2.05, 4.69) is 11.8 Å². The van der Waals surface area contributed by atoms with Crippen molar-refractivity contribution in [2.24, 2.45) is 0 Å². The molecular weight excluding hydrogens is 216 g/mol. The molecule has 4 heteroatoms. The summed E-state index contributed by atoms with van der Waals surface area (Å²) in [5.74, 6) is 0.304. The monoisotopic (exact) mass is 238 g/mol. The van der Waals surface area contributed by atoms with Crippen molar-refractivity contribution in [3.05, 3.63) is 0 Å². The molecule has 0 aromatic carbocycles. The lowest BCUT2D eigenvalue weighted by atomic mass is 10.1. The lowest BCUT2D eigenvalue weighted by Gasteiger charge is -2.25. The zero-order valence-electron chi connectivity index (χ0n) is 10.6. The summed E-state index contributed by atoms with van der Waals surface area (Å²) in [6, 6.07) is 0.0864. The average Bonchev–Trinajstić information content (AvgIpc) is 2.96. The summed E-state index contributed by atoms with van der Waals surface area (Å²) in [5.41, 5.74) is 0. The maximum atomic E-state index is 12.2. The number of Topliss-reactive ketones (excluding diaryl/α,β-unsaturated/α-hetero) is 1. The van der Waals surface area contributed by atoms with E-state index in [4.69, 9.17) is 0 Å². The second-order valence-corrected chi connectivity index (χ2v) is 5.07. The van der Waals surface area contributed by atoms with Gasteiger partial charge in [-0.05, 0) is 45.3 Å². The fourth-order valence-electron chi connectivity index (χ4n) is 3.08. The highest BCUT2D eigenvalue weighted by Crippen LogP contribution is 2.20. The van der Waals surface area contributed by atoms with Crippen molar-refractivity contribution in [3.8, 4) is 0 Å². The first-order chi connectivity index (χ1) is 8.26. The number of aldehydes is 1. The van der Waals surface area contributed by atoms with E-state index >= 15 is 0 Å². The fraction of sp³-hybridized carbons (Fsp3) is 0.846. The summed E-state index contributed by atoms with van der Waals surface area (Å²) in [6.45, 7) is 5.46. The molecule has 4 nitrogen and oxygen atoms in total. The SMILES string of the molecule is CCN1CCC[C@H]1C(=O)CN1CCC[C@H]1C=O. The van der Waals surface area contributed by atoms with Gasteiger partial charge in [0.2, 0.25) is 0 Å². The lowest BCUT2D eigenvalue weighted by Crippen LogP contribution is -2.43. The molecule has 0 bridgehead atoms. The van der Waals surface area contributed by atoms with Gasteiger partial charge in [-0.15, -0.1) is 0 Å². The standard InChI is InChI=1S/C13H22N2O2/c1-2-14-7-4-6-12(14)13(17)9-15-8-3-5-11(15)10-16/h10-12H,2-9H2,1H3/t11-,12-/m0/s1. The summed E-state index contributed by atoms with van der Waals surface area (Å²) in [7, 11) is 0. The van der Waals surface area contributed by atoms with E-state index in [0.29, 0.717) is 12.3 Å². The number of hydrogen-bond acceptors (Lipinski definition) is 4. The Morgan fingerprint density at radius 3 is 2.65 bits per heavy atom. The molecule has 2 heterocycles. The molecule has 0 spiro atoms. The van der Waals surface area contributed by atoms with E-state index in [1.165, 1.54) is 0 Å². The molecule has 0 aromatic rings. The Kier molecular flexibility index (Phi) is 4.29. The highest BCUT2D eigenvalue weighted by atomic mass is 16.1. The Morgan fingerprint density at radius 2 is 1.94 bits per heavy atom. The Balaban J connectivity index is 1.90. The lowest BCUT2D eigenvalue weighted by molar-refractivity contribution is -0.125. The number of hydrogen-bond donors (Lipinski definition) is 0. The van der Waals surface area contributed by atoms with Crippen LogP contribution in [0.25, 0.3) is 0 Å². The predicted octanol–water partition coefficient (Wildman–Crippen LogP) is 0.703. The van der Waals surface area contributed by atoms with Gasteiger partial charge in [0.1, 0.15) is 6.29 Å². The van der Waals surface area contributed by atoms with Gasteiger partial charge in [-0.3, -0.25) is 14.6 Å². The van der Waals surface area contributed by atoms with Crippen LogP contribution in [0.4, 0.5) is 0 Å². The molecule has 2 aliphatic rings. The second-order valence-electron chi connectivity index (χ2n) is 5.07. The van der Waals surface area contributed by atoms with Gasteiger partial charge >= 0.3 is 0 Å². The van der Waals surface area contributed by atoms with Crippen molar-refractivity contribution in [1.82, 2.24) is 9.80 Å². The van der Waals surface area contributed by atoms with Gasteiger partial charge in [-0.2, -0.15) is 0 Å². The molecular formula is C13H22N2O2. The van der Waals surface area contributed by atoms with Gasteiger partial charge in [-0.1, -0.05) is 6.92 Å². The molecule has 2 aliphatic heterocycles. The van der Waals surface area contributed by atoms with Crippen LogP contribution >= 0.6 is 0 Å². The third kappa shape index (κ3) is 2.75. The number of carbonyl (C=O) groups excluding carboxylic acids is 2. The summed E-state index contributed by atoms with van der Waals surface area (Å²) in [5, 5.41) is 0. The average molecular weight is 238 g/mol. The molecule has 96 valence electrons. The number of nitrogens with zero attached hydrogens (tertiary/aromatic N) is 2. The van der Waals surface area contributed by atoms with Crippen molar-refractivity contribution in [2.75, 3.05) is 26.2 Å². The highest BCUT2D eigenvalue weighted by molar-refractivity contribution is 5.86. The predicted molar refractivity (Wildman–Crippen MR) is 65.9 cm³/mol. The van der Waals surface area contributed by atoms with Gasteiger partial charge in [0.15, 0.2) is 5.78 Å². The van der Waals surface area contributed by atoms with Crippen molar-refractivity contribution < 1.29 is 9.59 Å². The molecule has 2 rings (SSSR count). The van der Waals surface area contributed by atoms with Crippen LogP contribution in [0, 0.1) is 0 Å². The quantitative estimate of drug-likeness (QED) is 0.661. The number of carbonyl (C=O) groups is 2. The minimum Gasteiger partial charge on any atom is -0.302 e. The molecule has 0 N–H and O–H groups in total. The normalized spacial score (nSPS) is 30.9. The van der Waals surface area contributed by atoms with Gasteiger partial charge in [-0.25, -0.2) is 0 Å². The smallest absolute Gasteiger partial charge is 0.163 e. The molecule has 2 fully saturated rings. The Hall–Kier alpha value is -0.740. The third-order valence-corrected chi connectivity index (χ3v) is 4.07. The Labute approximate surface area is 103 Å². The minimum absolute atomic E-state index is 0.0181. The molecule has 17 heavy (non-hydrogen) atoms. The number of likely N-dealkylation sites (N-methyl/N-ethyl adjacent to an activating group) is 1. The van der Waals surface area contributed by atoms with Crippen molar-refractivity contribution in [2.45, 2.75) is 44.7 Å². The summed E-state index contributed by atoms with van der Waals surface area (Å²) in [6.07, 6.45) is 5.07. The molecule has 0 radical (unpaired) electrons. The largest absolute Gasteiger partial charge is 0.302 e. The van der Waals surface area contributed by atoms with Gasteiger partial charge in [0.05, 0.1) is 18.6 Å². The molecule has 0 saturated carbocycles. The number of ketones is 1. The summed E-state index contributed by atoms with van der Waals surface area (Å²) >= 11 is 0. The zero-order chi connectivity index (χ0) is 12.3. The molecule has 2 saturated heterocycles. The van der Waals surface area contributed by atoms with Crippen LogP contribution in [-0.2, 0) is 9.59 Å². The summed E-state index contributed by atoms with van der Waals surface area (Å²) < 4.78 is 0. The number of rotatable bonds is 5. The van der Waals surface area contributed by atoms with E-state index in [1.54, 1.807) is 0 Å². The maximum Gasteiger partial charge on any atom is 0.163 e. The third-order valence-electron chi connectivity index (χ3n) is 4.07. The van der Waals surface area contributed by atoms with E-state index in [9.17, 15) is 9.59 Å². The fourth-order valence-corrected chi connectivity index (χ4v) is 3.08. The molecule has 0 aliphatic carbocycles. The van der Waals surface area contributed by atoms with Crippen LogP contribution in [0.3, 0.4) is 0 Å². The molecule has 2 atom stereocenters. The summed E-state index contributed by atoms with van der Waals surface area (Å²) in [4.78, 5) is 27.4. The van der Waals surface area contributed by atoms with Crippen LogP contribution in [0.5, 0.6) is 0 Å². The van der Waals surface area contributed by atoms with Gasteiger partial charge < -0.3 is 4.79 Å². The van der Waals surface area contributed by atoms with Crippen molar-refractivity contribution in [3.63, 3.8) is 0 Å². The Morgan fingerprint density at radius 1 is 1.24 bits per heavy atom. The molecule has 0 amide bonds. The Bertz CT molecular complexity index is 293. The van der Waals surface area contributed by atoms with Crippen molar-refractivity contribution >= 4 is 12.1 Å². The molecule has 0 unspecified atom stereocenters. The minimum atomic E-state index is -0.0181. The van der Waals surface area contributed by atoms with E-state index < -0.39 is 0 Å². The van der Waals surface area contributed by atoms with Crippen LogP contribution in [0.2, 0.25) is 0 Å². The van der Waals surface area contributed by atoms with Crippen LogP contribution in [0.1, 0.15) is 32.6 Å². The highest BCUT2D eigenvalue weighted by Gasteiger charge is 2.32. The first-order valence-corrected chi connectivity index (χ1v) is 6.72.